The van der Waals surface area contributed by atoms with E-state index < -0.39 is 12.2 Å². The maximum Gasteiger partial charge on any atom is 0.107 e. The third kappa shape index (κ3) is 2.35. The molecule has 0 aliphatic rings. The molecule has 0 saturated carbocycles. The highest BCUT2D eigenvalue weighted by atomic mass is 35.5. The van der Waals surface area contributed by atoms with Crippen molar-refractivity contribution in [1.29, 1.82) is 0 Å². The fourth-order valence-corrected chi connectivity index (χ4v) is 1.66. The summed E-state index contributed by atoms with van der Waals surface area (Å²) < 4.78 is 0. The Kier molecular flexibility index (Phi) is 3.56. The monoisotopic (exact) mass is 220 g/mol. The lowest BCUT2D eigenvalue weighted by Gasteiger charge is -2.16. The third-order valence-corrected chi connectivity index (χ3v) is 2.41. The van der Waals surface area contributed by atoms with Crippen molar-refractivity contribution in [2.24, 2.45) is 0 Å². The van der Waals surface area contributed by atoms with E-state index in [9.17, 15) is 5.11 Å². The molecular formula is C9H10Cl2O2. The molecule has 0 bridgehead atoms. The molecule has 1 aromatic rings. The first-order valence-corrected chi connectivity index (χ1v) is 4.59. The van der Waals surface area contributed by atoms with E-state index in [1.807, 2.05) is 0 Å². The summed E-state index contributed by atoms with van der Waals surface area (Å²) in [6, 6.07) is 4.92. The van der Waals surface area contributed by atoms with Crippen molar-refractivity contribution in [3.63, 3.8) is 0 Å². The molecule has 0 aliphatic carbocycles. The number of halogens is 2. The number of benzene rings is 1. The maximum atomic E-state index is 9.54. The first-order valence-electron chi connectivity index (χ1n) is 3.84. The molecule has 0 saturated heterocycles. The molecule has 0 aliphatic heterocycles. The molecular weight excluding hydrogens is 211 g/mol. The predicted molar refractivity (Wildman–Crippen MR) is 53.1 cm³/mol. The summed E-state index contributed by atoms with van der Waals surface area (Å²) in [6.07, 6.45) is -1.93. The Bertz CT molecular complexity index is 279. The summed E-state index contributed by atoms with van der Waals surface area (Å²) in [7, 11) is 0. The number of hydrogen-bond acceptors (Lipinski definition) is 2. The second kappa shape index (κ2) is 4.29. The van der Waals surface area contributed by atoms with E-state index >= 15 is 0 Å². The Morgan fingerprint density at radius 1 is 1.15 bits per heavy atom. The summed E-state index contributed by atoms with van der Waals surface area (Å²) in [5, 5.41) is 19.4. The largest absolute Gasteiger partial charge is 0.390 e. The fourth-order valence-electron chi connectivity index (χ4n) is 1.03. The lowest BCUT2D eigenvalue weighted by Crippen LogP contribution is -2.14. The van der Waals surface area contributed by atoms with Crippen LogP contribution >= 0.6 is 23.2 Å². The molecule has 0 spiro atoms. The van der Waals surface area contributed by atoms with Crippen LogP contribution in [0.15, 0.2) is 18.2 Å². The van der Waals surface area contributed by atoms with Crippen LogP contribution in [0.1, 0.15) is 18.6 Å². The molecule has 2 atom stereocenters. The summed E-state index contributed by atoms with van der Waals surface area (Å²) in [6.45, 7) is 1.48. The minimum absolute atomic E-state index is 0.362. The highest BCUT2D eigenvalue weighted by Crippen LogP contribution is 2.31. The third-order valence-electron chi connectivity index (χ3n) is 1.75. The average Bonchev–Trinajstić information content (AvgIpc) is 2.03. The summed E-state index contributed by atoms with van der Waals surface area (Å²) >= 11 is 11.6. The van der Waals surface area contributed by atoms with E-state index in [2.05, 4.69) is 0 Å². The van der Waals surface area contributed by atoms with Crippen molar-refractivity contribution in [1.82, 2.24) is 0 Å². The van der Waals surface area contributed by atoms with Crippen LogP contribution in [0, 0.1) is 0 Å². The van der Waals surface area contributed by atoms with Crippen LogP contribution in [0.3, 0.4) is 0 Å². The van der Waals surface area contributed by atoms with Crippen LogP contribution in [0.5, 0.6) is 0 Å². The zero-order valence-corrected chi connectivity index (χ0v) is 8.55. The van der Waals surface area contributed by atoms with Gasteiger partial charge in [0.05, 0.1) is 6.10 Å². The van der Waals surface area contributed by atoms with E-state index in [0.29, 0.717) is 15.6 Å². The van der Waals surface area contributed by atoms with Crippen LogP contribution in [0.25, 0.3) is 0 Å². The summed E-state index contributed by atoms with van der Waals surface area (Å²) in [4.78, 5) is 0. The predicted octanol–water partition coefficient (Wildman–Crippen LogP) is 2.41. The maximum absolute atomic E-state index is 9.54. The molecule has 0 aromatic heterocycles. The minimum atomic E-state index is -1.04. The van der Waals surface area contributed by atoms with Crippen molar-refractivity contribution in [3.05, 3.63) is 33.8 Å². The van der Waals surface area contributed by atoms with Gasteiger partial charge in [0, 0.05) is 15.6 Å². The molecule has 13 heavy (non-hydrogen) atoms. The van der Waals surface area contributed by atoms with Gasteiger partial charge in [-0.25, -0.2) is 0 Å². The van der Waals surface area contributed by atoms with Gasteiger partial charge in [0.25, 0.3) is 0 Å². The van der Waals surface area contributed by atoms with Gasteiger partial charge in [-0.2, -0.15) is 0 Å². The van der Waals surface area contributed by atoms with Gasteiger partial charge in [-0.15, -0.1) is 0 Å². The summed E-state index contributed by atoms with van der Waals surface area (Å²) in [5.41, 5.74) is 0.376. The smallest absolute Gasteiger partial charge is 0.107 e. The van der Waals surface area contributed by atoms with E-state index in [1.165, 1.54) is 6.92 Å². The Morgan fingerprint density at radius 3 is 2.00 bits per heavy atom. The number of aliphatic hydroxyl groups excluding tert-OH is 2. The normalized spacial score (nSPS) is 15.5. The standard InChI is InChI=1S/C9H10Cl2O2/c1-5(12)9(13)8-6(10)3-2-4-7(8)11/h2-5,9,12-13H,1H3/t5-,9+/m1/s1. The lowest BCUT2D eigenvalue weighted by atomic mass is 10.1. The van der Waals surface area contributed by atoms with E-state index in [4.69, 9.17) is 28.3 Å². The highest BCUT2D eigenvalue weighted by Gasteiger charge is 2.19. The van der Waals surface area contributed by atoms with Crippen molar-refractivity contribution in [3.8, 4) is 0 Å². The van der Waals surface area contributed by atoms with E-state index in [1.54, 1.807) is 18.2 Å². The molecule has 0 heterocycles. The van der Waals surface area contributed by atoms with Crippen LogP contribution in [-0.2, 0) is 0 Å². The van der Waals surface area contributed by atoms with Crippen molar-refractivity contribution in [2.75, 3.05) is 0 Å². The Hall–Kier alpha value is -0.280. The SMILES string of the molecule is C[C@@H](O)[C@H](O)c1c(Cl)cccc1Cl. The number of rotatable bonds is 2. The van der Waals surface area contributed by atoms with Crippen molar-refractivity contribution >= 4 is 23.2 Å². The molecule has 0 fully saturated rings. The number of hydrogen-bond donors (Lipinski definition) is 2. The molecule has 4 heteroatoms. The zero-order valence-electron chi connectivity index (χ0n) is 7.04. The fraction of sp³-hybridized carbons (Fsp3) is 0.333. The van der Waals surface area contributed by atoms with Crippen LogP contribution < -0.4 is 0 Å². The molecule has 72 valence electrons. The van der Waals surface area contributed by atoms with Crippen LogP contribution in [0.4, 0.5) is 0 Å². The first-order chi connectivity index (χ1) is 6.04. The Morgan fingerprint density at radius 2 is 1.62 bits per heavy atom. The van der Waals surface area contributed by atoms with E-state index in [-0.39, 0.29) is 0 Å². The number of aliphatic hydroxyl groups is 2. The van der Waals surface area contributed by atoms with Gasteiger partial charge in [-0.1, -0.05) is 29.3 Å². The average molecular weight is 221 g/mol. The topological polar surface area (TPSA) is 40.5 Å². The zero-order chi connectivity index (χ0) is 10.0. The molecule has 1 rings (SSSR count). The van der Waals surface area contributed by atoms with Gasteiger partial charge in [0.1, 0.15) is 6.10 Å². The van der Waals surface area contributed by atoms with Crippen LogP contribution in [0.2, 0.25) is 10.0 Å². The highest BCUT2D eigenvalue weighted by molar-refractivity contribution is 6.36. The van der Waals surface area contributed by atoms with Gasteiger partial charge in [-0.3, -0.25) is 0 Å². The second-order valence-corrected chi connectivity index (χ2v) is 3.64. The summed E-state index contributed by atoms with van der Waals surface area (Å²) in [5.74, 6) is 0. The van der Waals surface area contributed by atoms with Gasteiger partial charge in [-0.05, 0) is 19.1 Å². The lowest BCUT2D eigenvalue weighted by molar-refractivity contribution is 0.0306. The van der Waals surface area contributed by atoms with Gasteiger partial charge < -0.3 is 10.2 Å². The van der Waals surface area contributed by atoms with E-state index in [0.717, 1.165) is 0 Å². The molecule has 0 amide bonds. The molecule has 2 N–H and O–H groups in total. The van der Waals surface area contributed by atoms with Crippen molar-refractivity contribution < 1.29 is 10.2 Å². The Labute approximate surface area is 86.7 Å². The molecule has 0 unspecified atom stereocenters. The second-order valence-electron chi connectivity index (χ2n) is 2.82. The quantitative estimate of drug-likeness (QED) is 0.804. The van der Waals surface area contributed by atoms with Gasteiger partial charge in [0.15, 0.2) is 0 Å². The van der Waals surface area contributed by atoms with Gasteiger partial charge >= 0.3 is 0 Å². The van der Waals surface area contributed by atoms with Gasteiger partial charge in [0.2, 0.25) is 0 Å². The molecule has 1 aromatic carbocycles. The minimum Gasteiger partial charge on any atom is -0.390 e. The first kappa shape index (κ1) is 10.8. The van der Waals surface area contributed by atoms with Crippen LogP contribution in [-0.4, -0.2) is 16.3 Å². The van der Waals surface area contributed by atoms with Crippen molar-refractivity contribution in [2.45, 2.75) is 19.1 Å². The molecule has 2 nitrogen and oxygen atoms in total. The molecule has 0 radical (unpaired) electrons. The Balaban J connectivity index is 3.12.